The lowest BCUT2D eigenvalue weighted by Crippen LogP contribution is -2.28. The SMILES string of the molecule is CCNC(=O)Nc1cc(Cl)c(O)cc1F. The van der Waals surface area contributed by atoms with Crippen molar-refractivity contribution in [3.05, 3.63) is 23.0 Å². The van der Waals surface area contributed by atoms with E-state index in [9.17, 15) is 9.18 Å². The molecule has 0 radical (unpaired) electrons. The van der Waals surface area contributed by atoms with Crippen molar-refractivity contribution in [2.24, 2.45) is 0 Å². The lowest BCUT2D eigenvalue weighted by atomic mass is 10.3. The Morgan fingerprint density at radius 3 is 2.87 bits per heavy atom. The normalized spacial score (nSPS) is 9.80. The molecule has 0 aliphatic carbocycles. The van der Waals surface area contributed by atoms with E-state index in [1.165, 1.54) is 0 Å². The summed E-state index contributed by atoms with van der Waals surface area (Å²) in [6.07, 6.45) is 0. The molecule has 0 aromatic heterocycles. The molecule has 0 aliphatic rings. The first-order chi connectivity index (χ1) is 7.04. The van der Waals surface area contributed by atoms with E-state index in [4.69, 9.17) is 16.7 Å². The van der Waals surface area contributed by atoms with Crippen molar-refractivity contribution in [1.82, 2.24) is 5.32 Å². The first-order valence-electron chi connectivity index (χ1n) is 4.27. The Hall–Kier alpha value is -1.49. The van der Waals surface area contributed by atoms with Gasteiger partial charge in [-0.15, -0.1) is 0 Å². The number of anilines is 1. The average molecular weight is 233 g/mol. The van der Waals surface area contributed by atoms with Crippen molar-refractivity contribution in [1.29, 1.82) is 0 Å². The largest absolute Gasteiger partial charge is 0.506 e. The number of carbonyl (C=O) groups excluding carboxylic acids is 1. The van der Waals surface area contributed by atoms with Gasteiger partial charge in [-0.1, -0.05) is 11.6 Å². The van der Waals surface area contributed by atoms with Crippen molar-refractivity contribution in [2.45, 2.75) is 6.92 Å². The van der Waals surface area contributed by atoms with E-state index in [1.807, 2.05) is 0 Å². The number of urea groups is 1. The van der Waals surface area contributed by atoms with Crippen molar-refractivity contribution in [3.63, 3.8) is 0 Å². The van der Waals surface area contributed by atoms with Crippen LogP contribution >= 0.6 is 11.6 Å². The summed E-state index contributed by atoms with van der Waals surface area (Å²) in [5, 5.41) is 13.7. The molecule has 0 saturated carbocycles. The van der Waals surface area contributed by atoms with Crippen LogP contribution in [0.5, 0.6) is 5.75 Å². The van der Waals surface area contributed by atoms with E-state index in [-0.39, 0.29) is 16.5 Å². The molecule has 2 amide bonds. The lowest BCUT2D eigenvalue weighted by molar-refractivity contribution is 0.252. The number of phenols is 1. The highest BCUT2D eigenvalue weighted by molar-refractivity contribution is 6.32. The fourth-order valence-electron chi connectivity index (χ4n) is 0.959. The summed E-state index contributed by atoms with van der Waals surface area (Å²) in [6, 6.07) is 1.45. The van der Waals surface area contributed by atoms with Gasteiger partial charge in [0.2, 0.25) is 0 Å². The predicted molar refractivity (Wildman–Crippen MR) is 55.8 cm³/mol. The highest BCUT2D eigenvalue weighted by atomic mass is 35.5. The number of rotatable bonds is 2. The number of benzene rings is 1. The second-order valence-corrected chi connectivity index (χ2v) is 3.18. The molecule has 0 unspecified atom stereocenters. The molecule has 1 aromatic carbocycles. The summed E-state index contributed by atoms with van der Waals surface area (Å²) >= 11 is 5.56. The molecule has 0 aliphatic heterocycles. The Bertz CT molecular complexity index is 385. The van der Waals surface area contributed by atoms with Crippen LogP contribution in [0.3, 0.4) is 0 Å². The maximum absolute atomic E-state index is 13.2. The molecule has 4 nitrogen and oxygen atoms in total. The monoisotopic (exact) mass is 232 g/mol. The van der Waals surface area contributed by atoms with Gasteiger partial charge in [-0.05, 0) is 13.0 Å². The van der Waals surface area contributed by atoms with Crippen molar-refractivity contribution < 1.29 is 14.3 Å². The number of carbonyl (C=O) groups is 1. The summed E-state index contributed by atoms with van der Waals surface area (Å²) in [5.74, 6) is -1.11. The Balaban J connectivity index is 2.86. The van der Waals surface area contributed by atoms with Crippen LogP contribution in [-0.4, -0.2) is 17.7 Å². The maximum Gasteiger partial charge on any atom is 0.319 e. The number of halogens is 2. The molecule has 0 heterocycles. The van der Waals surface area contributed by atoms with Gasteiger partial charge >= 0.3 is 6.03 Å². The fourth-order valence-corrected chi connectivity index (χ4v) is 1.12. The minimum absolute atomic E-state index is 0.0248. The van der Waals surface area contributed by atoms with Gasteiger partial charge in [-0.25, -0.2) is 9.18 Å². The molecular formula is C9H10ClFN2O2. The van der Waals surface area contributed by atoms with Gasteiger partial charge in [0.1, 0.15) is 5.75 Å². The van der Waals surface area contributed by atoms with Gasteiger partial charge < -0.3 is 15.7 Å². The molecule has 0 fully saturated rings. The number of nitrogens with one attached hydrogen (secondary N) is 2. The van der Waals surface area contributed by atoms with Gasteiger partial charge in [-0.2, -0.15) is 0 Å². The fraction of sp³-hybridized carbons (Fsp3) is 0.222. The minimum atomic E-state index is -0.747. The Morgan fingerprint density at radius 1 is 1.60 bits per heavy atom. The van der Waals surface area contributed by atoms with E-state index in [0.29, 0.717) is 6.54 Å². The van der Waals surface area contributed by atoms with Gasteiger partial charge in [0.05, 0.1) is 10.7 Å². The average Bonchev–Trinajstić information content (AvgIpc) is 2.14. The molecule has 82 valence electrons. The Labute approximate surface area is 91.1 Å². The molecule has 0 saturated heterocycles. The van der Waals surface area contributed by atoms with E-state index >= 15 is 0 Å². The molecule has 1 rings (SSSR count). The lowest BCUT2D eigenvalue weighted by Gasteiger charge is -2.07. The van der Waals surface area contributed by atoms with Gasteiger partial charge in [-0.3, -0.25) is 0 Å². The Kier molecular flexibility index (Phi) is 3.74. The number of amides is 2. The second kappa shape index (κ2) is 4.84. The summed E-state index contributed by atoms with van der Waals surface area (Å²) < 4.78 is 13.2. The van der Waals surface area contributed by atoms with Crippen molar-refractivity contribution in [3.8, 4) is 5.75 Å². The van der Waals surface area contributed by atoms with Crippen molar-refractivity contribution >= 4 is 23.3 Å². The number of hydrogen-bond acceptors (Lipinski definition) is 2. The third kappa shape index (κ3) is 2.99. The highest BCUT2D eigenvalue weighted by Gasteiger charge is 2.09. The highest BCUT2D eigenvalue weighted by Crippen LogP contribution is 2.28. The first-order valence-corrected chi connectivity index (χ1v) is 4.65. The molecular weight excluding hydrogens is 223 g/mol. The van der Waals surface area contributed by atoms with E-state index < -0.39 is 11.8 Å². The van der Waals surface area contributed by atoms with E-state index in [0.717, 1.165) is 12.1 Å². The van der Waals surface area contributed by atoms with Crippen LogP contribution in [0.4, 0.5) is 14.9 Å². The predicted octanol–water partition coefficient (Wildman–Crippen LogP) is 2.33. The molecule has 1 aromatic rings. The van der Waals surface area contributed by atoms with Gasteiger partial charge in [0.15, 0.2) is 5.82 Å². The summed E-state index contributed by atoms with van der Waals surface area (Å²) in [4.78, 5) is 11.1. The van der Waals surface area contributed by atoms with Crippen molar-refractivity contribution in [2.75, 3.05) is 11.9 Å². The molecule has 6 heteroatoms. The zero-order valence-electron chi connectivity index (χ0n) is 7.97. The Morgan fingerprint density at radius 2 is 2.27 bits per heavy atom. The molecule has 3 N–H and O–H groups in total. The quantitative estimate of drug-likeness (QED) is 0.686. The topological polar surface area (TPSA) is 61.4 Å². The van der Waals surface area contributed by atoms with E-state index in [2.05, 4.69) is 10.6 Å². The van der Waals surface area contributed by atoms with E-state index in [1.54, 1.807) is 6.92 Å². The molecule has 0 spiro atoms. The summed E-state index contributed by atoms with van der Waals surface area (Å²) in [7, 11) is 0. The number of phenolic OH excluding ortho intramolecular Hbond substituents is 1. The van der Waals surface area contributed by atoms with Gasteiger partial charge in [0, 0.05) is 12.6 Å². The third-order valence-electron chi connectivity index (χ3n) is 1.62. The maximum atomic E-state index is 13.2. The summed E-state index contributed by atoms with van der Waals surface area (Å²) in [5.41, 5.74) is -0.0799. The number of hydrogen-bond donors (Lipinski definition) is 3. The molecule has 0 atom stereocenters. The molecule has 15 heavy (non-hydrogen) atoms. The smallest absolute Gasteiger partial charge is 0.319 e. The standard InChI is InChI=1S/C9H10ClFN2O2/c1-2-12-9(15)13-7-3-5(10)8(14)4-6(7)11/h3-4,14H,2H2,1H3,(H2,12,13,15). The first kappa shape index (κ1) is 11.6. The van der Waals surface area contributed by atoms with Crippen LogP contribution in [0.25, 0.3) is 0 Å². The summed E-state index contributed by atoms with van der Waals surface area (Å²) in [6.45, 7) is 2.17. The second-order valence-electron chi connectivity index (χ2n) is 2.77. The van der Waals surface area contributed by atoms with Crippen LogP contribution in [-0.2, 0) is 0 Å². The van der Waals surface area contributed by atoms with Crippen LogP contribution in [0.2, 0.25) is 5.02 Å². The van der Waals surface area contributed by atoms with Crippen LogP contribution < -0.4 is 10.6 Å². The zero-order chi connectivity index (χ0) is 11.4. The van der Waals surface area contributed by atoms with Crippen LogP contribution in [0.15, 0.2) is 12.1 Å². The molecule has 0 bridgehead atoms. The van der Waals surface area contributed by atoms with Gasteiger partial charge in [0.25, 0.3) is 0 Å². The van der Waals surface area contributed by atoms with Crippen LogP contribution in [0.1, 0.15) is 6.92 Å². The third-order valence-corrected chi connectivity index (χ3v) is 1.92. The number of aromatic hydroxyl groups is 1. The minimum Gasteiger partial charge on any atom is -0.506 e. The van der Waals surface area contributed by atoms with Crippen LogP contribution in [0, 0.1) is 5.82 Å². The zero-order valence-corrected chi connectivity index (χ0v) is 8.73.